The van der Waals surface area contributed by atoms with Crippen molar-refractivity contribution in [2.45, 2.75) is 32.6 Å². The molecule has 0 aliphatic carbocycles. The van der Waals surface area contributed by atoms with Crippen molar-refractivity contribution in [3.05, 3.63) is 48.0 Å². The topological polar surface area (TPSA) is 83.6 Å². The predicted molar refractivity (Wildman–Crippen MR) is 89.1 cm³/mol. The summed E-state index contributed by atoms with van der Waals surface area (Å²) in [6, 6.07) is 8.44. The highest BCUT2D eigenvalue weighted by Gasteiger charge is 2.12. The molecule has 0 fully saturated rings. The highest BCUT2D eigenvalue weighted by molar-refractivity contribution is 5.96. The monoisotopic (exact) mass is 309 g/mol. The van der Waals surface area contributed by atoms with Crippen LogP contribution in [0.1, 0.15) is 36.8 Å². The molecule has 6 heteroatoms. The van der Waals surface area contributed by atoms with Gasteiger partial charge < -0.3 is 10.3 Å². The molecule has 0 bridgehead atoms. The van der Waals surface area contributed by atoms with Gasteiger partial charge in [0.15, 0.2) is 11.5 Å². The van der Waals surface area contributed by atoms with Gasteiger partial charge in [0, 0.05) is 6.42 Å². The lowest BCUT2D eigenvalue weighted by molar-refractivity contribution is -0.116. The molecule has 0 spiro atoms. The van der Waals surface area contributed by atoms with E-state index in [0.717, 1.165) is 6.42 Å². The van der Waals surface area contributed by atoms with Crippen molar-refractivity contribution in [2.24, 2.45) is 0 Å². The van der Waals surface area contributed by atoms with E-state index in [0.29, 0.717) is 29.3 Å². The largest absolute Gasteiger partial charge is 0.340 e. The molecule has 0 saturated heterocycles. The van der Waals surface area contributed by atoms with Gasteiger partial charge in [0.1, 0.15) is 11.8 Å². The van der Waals surface area contributed by atoms with Gasteiger partial charge in [-0.15, -0.1) is 0 Å². The number of aryl methyl sites for hydroxylation is 1. The Morgan fingerprint density at radius 3 is 2.78 bits per heavy atom. The number of benzene rings is 1. The average Bonchev–Trinajstić information content (AvgIpc) is 3.03. The molecule has 1 aromatic carbocycles. The van der Waals surface area contributed by atoms with Crippen LogP contribution in [-0.2, 0) is 4.79 Å². The number of H-pyrrole nitrogens is 1. The Balaban J connectivity index is 1.59. The number of amides is 1. The van der Waals surface area contributed by atoms with E-state index in [9.17, 15) is 4.79 Å². The number of rotatable bonds is 5. The second-order valence-electron chi connectivity index (χ2n) is 5.72. The minimum atomic E-state index is -0.0569. The second kappa shape index (κ2) is 6.56. The van der Waals surface area contributed by atoms with Crippen LogP contribution < -0.4 is 5.32 Å². The second-order valence-corrected chi connectivity index (χ2v) is 5.72. The van der Waals surface area contributed by atoms with Crippen LogP contribution in [-0.4, -0.2) is 25.8 Å². The Bertz CT molecular complexity index is 809. The third-order valence-electron chi connectivity index (χ3n) is 3.93. The van der Waals surface area contributed by atoms with Gasteiger partial charge in [-0.25, -0.2) is 15.0 Å². The molecule has 118 valence electrons. The number of hydrogen-bond acceptors (Lipinski definition) is 4. The van der Waals surface area contributed by atoms with E-state index in [1.54, 1.807) is 0 Å². The first kappa shape index (κ1) is 15.1. The molecule has 1 amide bonds. The number of fused-ring (bicyclic) bond motifs is 1. The van der Waals surface area contributed by atoms with Gasteiger partial charge in [-0.2, -0.15) is 0 Å². The van der Waals surface area contributed by atoms with Crippen molar-refractivity contribution in [1.29, 1.82) is 0 Å². The quantitative estimate of drug-likeness (QED) is 0.758. The van der Waals surface area contributed by atoms with Crippen molar-refractivity contribution < 1.29 is 4.79 Å². The molecule has 0 aliphatic rings. The predicted octanol–water partition coefficient (Wildman–Crippen LogP) is 3.18. The first-order valence-corrected chi connectivity index (χ1v) is 7.64. The first-order valence-electron chi connectivity index (χ1n) is 7.64. The fourth-order valence-electron chi connectivity index (χ4n) is 2.46. The van der Waals surface area contributed by atoms with E-state index in [1.807, 2.05) is 0 Å². The van der Waals surface area contributed by atoms with Crippen LogP contribution in [0.3, 0.4) is 0 Å². The number of hydrogen-bond donors (Lipinski definition) is 2. The Morgan fingerprint density at radius 2 is 2.00 bits per heavy atom. The van der Waals surface area contributed by atoms with Gasteiger partial charge in [0.05, 0.1) is 6.33 Å². The SMILES string of the molecule is Cc1ccc([C@H](C)CCC(=O)Nc2ncnc3nc[nH]c23)cc1. The third-order valence-corrected chi connectivity index (χ3v) is 3.93. The Labute approximate surface area is 134 Å². The van der Waals surface area contributed by atoms with Crippen molar-refractivity contribution in [1.82, 2.24) is 19.9 Å². The number of nitrogens with zero attached hydrogens (tertiary/aromatic N) is 3. The van der Waals surface area contributed by atoms with Crippen molar-refractivity contribution in [3.8, 4) is 0 Å². The molecule has 1 atom stereocenters. The van der Waals surface area contributed by atoms with E-state index in [4.69, 9.17) is 0 Å². The van der Waals surface area contributed by atoms with Gasteiger partial charge in [-0.3, -0.25) is 4.79 Å². The number of anilines is 1. The minimum Gasteiger partial charge on any atom is -0.340 e. The molecule has 2 N–H and O–H groups in total. The van der Waals surface area contributed by atoms with Crippen molar-refractivity contribution >= 4 is 22.9 Å². The zero-order valence-electron chi connectivity index (χ0n) is 13.2. The number of nitrogens with one attached hydrogen (secondary N) is 2. The van der Waals surface area contributed by atoms with Crippen LogP contribution in [0.4, 0.5) is 5.82 Å². The maximum Gasteiger partial charge on any atom is 0.225 e. The highest BCUT2D eigenvalue weighted by atomic mass is 16.1. The zero-order valence-corrected chi connectivity index (χ0v) is 13.2. The van der Waals surface area contributed by atoms with Crippen molar-refractivity contribution in [2.75, 3.05) is 5.32 Å². The van der Waals surface area contributed by atoms with Crippen LogP contribution >= 0.6 is 0 Å². The number of aromatic nitrogens is 4. The lowest BCUT2D eigenvalue weighted by atomic mass is 9.95. The van der Waals surface area contributed by atoms with Crippen LogP contribution in [0, 0.1) is 6.92 Å². The molecule has 0 aliphatic heterocycles. The number of carbonyl (C=O) groups is 1. The van der Waals surface area contributed by atoms with Crippen LogP contribution in [0.15, 0.2) is 36.9 Å². The van der Waals surface area contributed by atoms with Gasteiger partial charge in [0.2, 0.25) is 5.91 Å². The molecule has 2 aromatic heterocycles. The zero-order chi connectivity index (χ0) is 16.2. The van der Waals surface area contributed by atoms with Gasteiger partial charge >= 0.3 is 0 Å². The summed E-state index contributed by atoms with van der Waals surface area (Å²) in [4.78, 5) is 27.3. The molecule has 3 rings (SSSR count). The summed E-state index contributed by atoms with van der Waals surface area (Å²) in [7, 11) is 0. The maximum absolute atomic E-state index is 12.2. The third kappa shape index (κ3) is 3.53. The van der Waals surface area contributed by atoms with E-state index >= 15 is 0 Å². The Hall–Kier alpha value is -2.76. The van der Waals surface area contributed by atoms with Gasteiger partial charge in [-0.05, 0) is 24.8 Å². The Kier molecular flexibility index (Phi) is 4.32. The molecule has 3 aromatic rings. The first-order chi connectivity index (χ1) is 11.1. The smallest absolute Gasteiger partial charge is 0.225 e. The maximum atomic E-state index is 12.2. The Morgan fingerprint density at radius 1 is 1.22 bits per heavy atom. The molecule has 2 heterocycles. The number of carbonyl (C=O) groups excluding carboxylic acids is 1. The van der Waals surface area contributed by atoms with Gasteiger partial charge in [0.25, 0.3) is 0 Å². The standard InChI is InChI=1S/C17H19N5O/c1-11-3-6-13(7-4-11)12(2)5-8-14(23)22-17-15-16(19-9-18-15)20-10-21-17/h3-4,6-7,9-10,12H,5,8H2,1-2H3,(H2,18,19,20,21,22,23)/t12-/m1/s1. The van der Waals surface area contributed by atoms with E-state index in [2.05, 4.69) is 63.4 Å². The molecule has 0 radical (unpaired) electrons. The molecular formula is C17H19N5O. The summed E-state index contributed by atoms with van der Waals surface area (Å²) < 4.78 is 0. The normalized spacial score (nSPS) is 12.3. The molecule has 23 heavy (non-hydrogen) atoms. The minimum absolute atomic E-state index is 0.0569. The summed E-state index contributed by atoms with van der Waals surface area (Å²) in [5.74, 6) is 0.748. The molecule has 6 nitrogen and oxygen atoms in total. The summed E-state index contributed by atoms with van der Waals surface area (Å²) in [5, 5.41) is 2.83. The van der Waals surface area contributed by atoms with Crippen LogP contribution in [0.5, 0.6) is 0 Å². The lowest BCUT2D eigenvalue weighted by Gasteiger charge is -2.12. The van der Waals surface area contributed by atoms with Crippen molar-refractivity contribution in [3.63, 3.8) is 0 Å². The van der Waals surface area contributed by atoms with Gasteiger partial charge in [-0.1, -0.05) is 36.8 Å². The van der Waals surface area contributed by atoms with Crippen LogP contribution in [0.25, 0.3) is 11.2 Å². The number of aromatic amines is 1. The van der Waals surface area contributed by atoms with E-state index in [1.165, 1.54) is 23.8 Å². The summed E-state index contributed by atoms with van der Waals surface area (Å²) in [5.41, 5.74) is 3.68. The molecule has 0 unspecified atom stereocenters. The summed E-state index contributed by atoms with van der Waals surface area (Å²) >= 11 is 0. The summed E-state index contributed by atoms with van der Waals surface area (Å²) in [6.45, 7) is 4.20. The molecular weight excluding hydrogens is 290 g/mol. The average molecular weight is 309 g/mol. The lowest BCUT2D eigenvalue weighted by Crippen LogP contribution is -2.14. The van der Waals surface area contributed by atoms with E-state index in [-0.39, 0.29) is 5.91 Å². The fraction of sp³-hybridized carbons (Fsp3) is 0.294. The molecule has 0 saturated carbocycles. The summed E-state index contributed by atoms with van der Waals surface area (Å²) in [6.07, 6.45) is 4.16. The highest BCUT2D eigenvalue weighted by Crippen LogP contribution is 2.21. The number of imidazole rings is 1. The van der Waals surface area contributed by atoms with E-state index < -0.39 is 0 Å². The van der Waals surface area contributed by atoms with Crippen LogP contribution in [0.2, 0.25) is 0 Å². The fourth-order valence-corrected chi connectivity index (χ4v) is 2.46.